The van der Waals surface area contributed by atoms with E-state index >= 15 is 0 Å². The molecule has 0 radical (unpaired) electrons. The molecule has 2 heterocycles. The SMILES string of the molecule is COc1ccc2c(c1)C(C)(C)C1(C=Cc3ccc(N(C)C)cc3)OCCN21. The van der Waals surface area contributed by atoms with Gasteiger partial charge < -0.3 is 19.3 Å². The minimum absolute atomic E-state index is 0.187. The lowest BCUT2D eigenvalue weighted by Crippen LogP contribution is -2.51. The third-order valence-corrected chi connectivity index (χ3v) is 6.01. The highest BCUT2D eigenvalue weighted by atomic mass is 16.5. The van der Waals surface area contributed by atoms with Crippen molar-refractivity contribution in [3.05, 3.63) is 59.7 Å². The summed E-state index contributed by atoms with van der Waals surface area (Å²) in [5, 5.41) is 0. The Morgan fingerprint density at radius 1 is 1.11 bits per heavy atom. The van der Waals surface area contributed by atoms with Crippen LogP contribution in [0.2, 0.25) is 0 Å². The van der Waals surface area contributed by atoms with Crippen molar-refractivity contribution in [2.45, 2.75) is 25.0 Å². The average molecular weight is 364 g/mol. The van der Waals surface area contributed by atoms with Gasteiger partial charge in [0.25, 0.3) is 0 Å². The van der Waals surface area contributed by atoms with Gasteiger partial charge in [0.1, 0.15) is 5.75 Å². The zero-order valence-electron chi connectivity index (χ0n) is 16.8. The summed E-state index contributed by atoms with van der Waals surface area (Å²) in [6, 6.07) is 14.9. The van der Waals surface area contributed by atoms with Gasteiger partial charge in [-0.1, -0.05) is 32.1 Å². The normalized spacial score (nSPS) is 22.8. The zero-order valence-corrected chi connectivity index (χ0v) is 16.8. The maximum absolute atomic E-state index is 6.41. The molecular formula is C23H28N2O2. The van der Waals surface area contributed by atoms with Gasteiger partial charge in [0, 0.05) is 37.4 Å². The molecule has 2 aliphatic heterocycles. The van der Waals surface area contributed by atoms with E-state index in [2.05, 4.69) is 86.3 Å². The van der Waals surface area contributed by atoms with E-state index in [1.165, 1.54) is 22.5 Å². The van der Waals surface area contributed by atoms with E-state index in [1.54, 1.807) is 7.11 Å². The molecule has 27 heavy (non-hydrogen) atoms. The van der Waals surface area contributed by atoms with Gasteiger partial charge in [0.05, 0.1) is 13.7 Å². The molecule has 0 saturated carbocycles. The molecular weight excluding hydrogens is 336 g/mol. The quantitative estimate of drug-likeness (QED) is 0.808. The first kappa shape index (κ1) is 17.9. The summed E-state index contributed by atoms with van der Waals surface area (Å²) < 4.78 is 11.9. The van der Waals surface area contributed by atoms with Crippen molar-refractivity contribution >= 4 is 17.5 Å². The van der Waals surface area contributed by atoms with Crippen LogP contribution in [0.1, 0.15) is 25.0 Å². The van der Waals surface area contributed by atoms with E-state index in [0.29, 0.717) is 0 Å². The highest BCUT2D eigenvalue weighted by Gasteiger charge is 2.59. The van der Waals surface area contributed by atoms with Crippen LogP contribution < -0.4 is 14.5 Å². The number of methoxy groups -OCH3 is 1. The van der Waals surface area contributed by atoms with Crippen LogP contribution in [0.3, 0.4) is 0 Å². The molecule has 4 nitrogen and oxygen atoms in total. The highest BCUT2D eigenvalue weighted by Crippen LogP contribution is 2.55. The van der Waals surface area contributed by atoms with Gasteiger partial charge in [-0.25, -0.2) is 0 Å². The summed E-state index contributed by atoms with van der Waals surface area (Å²) in [7, 11) is 5.83. The van der Waals surface area contributed by atoms with Gasteiger partial charge in [-0.3, -0.25) is 0 Å². The van der Waals surface area contributed by atoms with Crippen LogP contribution in [0, 0.1) is 0 Å². The molecule has 4 heteroatoms. The van der Waals surface area contributed by atoms with Crippen LogP contribution in [-0.2, 0) is 10.2 Å². The summed E-state index contributed by atoms with van der Waals surface area (Å²) in [5.74, 6) is 0.890. The van der Waals surface area contributed by atoms with E-state index < -0.39 is 5.72 Å². The van der Waals surface area contributed by atoms with Crippen molar-refractivity contribution in [1.29, 1.82) is 0 Å². The minimum Gasteiger partial charge on any atom is -0.497 e. The van der Waals surface area contributed by atoms with E-state index in [-0.39, 0.29) is 5.41 Å². The predicted octanol–water partition coefficient (Wildman–Crippen LogP) is 4.30. The van der Waals surface area contributed by atoms with Gasteiger partial charge in [0.15, 0.2) is 5.72 Å². The molecule has 1 fully saturated rings. The fraction of sp³-hybridized carbons (Fsp3) is 0.391. The Kier molecular flexibility index (Phi) is 4.19. The molecule has 142 valence electrons. The van der Waals surface area contributed by atoms with Gasteiger partial charge in [-0.2, -0.15) is 0 Å². The first-order chi connectivity index (χ1) is 12.9. The van der Waals surface area contributed by atoms with Crippen molar-refractivity contribution in [3.63, 3.8) is 0 Å². The molecule has 0 spiro atoms. The zero-order chi connectivity index (χ0) is 19.2. The average Bonchev–Trinajstić information content (AvgIpc) is 3.17. The second-order valence-corrected chi connectivity index (χ2v) is 8.02. The molecule has 2 aromatic carbocycles. The molecule has 0 amide bonds. The molecule has 0 aromatic heterocycles. The molecule has 2 aliphatic rings. The second kappa shape index (κ2) is 6.31. The number of hydrogen-bond donors (Lipinski definition) is 0. The number of anilines is 2. The van der Waals surface area contributed by atoms with E-state index in [4.69, 9.17) is 9.47 Å². The molecule has 1 unspecified atom stereocenters. The van der Waals surface area contributed by atoms with Crippen molar-refractivity contribution in [2.75, 3.05) is 44.2 Å². The van der Waals surface area contributed by atoms with E-state index in [0.717, 1.165) is 18.9 Å². The Bertz CT molecular complexity index is 870. The summed E-state index contributed by atoms with van der Waals surface area (Å²) in [6.45, 7) is 6.15. The van der Waals surface area contributed by atoms with E-state index in [1.807, 2.05) is 6.07 Å². The van der Waals surface area contributed by atoms with Crippen LogP contribution in [0.15, 0.2) is 48.5 Å². The standard InChI is InChI=1S/C23H28N2O2/c1-22(2)20-16-19(26-5)10-11-21(20)25-14-15-27-23(22,25)13-12-17-6-8-18(9-7-17)24(3)4/h6-13,16H,14-15H2,1-5H3. The maximum atomic E-state index is 6.41. The number of ether oxygens (including phenoxy) is 2. The monoisotopic (exact) mass is 364 g/mol. The summed E-state index contributed by atoms with van der Waals surface area (Å²) in [6.07, 6.45) is 4.42. The molecule has 1 atom stereocenters. The van der Waals surface area contributed by atoms with Crippen molar-refractivity contribution in [3.8, 4) is 5.75 Å². The second-order valence-electron chi connectivity index (χ2n) is 8.02. The van der Waals surface area contributed by atoms with Gasteiger partial charge in [-0.15, -0.1) is 0 Å². The maximum Gasteiger partial charge on any atom is 0.170 e. The molecule has 0 aliphatic carbocycles. The topological polar surface area (TPSA) is 24.9 Å². The first-order valence-corrected chi connectivity index (χ1v) is 9.46. The third kappa shape index (κ3) is 2.62. The van der Waals surface area contributed by atoms with Crippen molar-refractivity contribution in [2.24, 2.45) is 0 Å². The lowest BCUT2D eigenvalue weighted by molar-refractivity contribution is 0.000306. The molecule has 0 bridgehead atoms. The predicted molar refractivity (Wildman–Crippen MR) is 112 cm³/mol. The van der Waals surface area contributed by atoms with Gasteiger partial charge in [-0.05, 0) is 47.5 Å². The molecule has 4 rings (SSSR count). The lowest BCUT2D eigenvalue weighted by Gasteiger charge is -2.39. The Morgan fingerprint density at radius 3 is 2.52 bits per heavy atom. The third-order valence-electron chi connectivity index (χ3n) is 6.01. The summed E-state index contributed by atoms with van der Waals surface area (Å²) in [5.41, 5.74) is 4.23. The Morgan fingerprint density at radius 2 is 1.85 bits per heavy atom. The minimum atomic E-state index is -0.470. The number of nitrogens with zero attached hydrogens (tertiary/aromatic N) is 2. The van der Waals surface area contributed by atoms with Crippen LogP contribution in [0.25, 0.3) is 6.08 Å². The largest absolute Gasteiger partial charge is 0.497 e. The van der Waals surface area contributed by atoms with E-state index in [9.17, 15) is 0 Å². The Hall–Kier alpha value is -2.46. The molecule has 1 saturated heterocycles. The van der Waals surface area contributed by atoms with Crippen LogP contribution >= 0.6 is 0 Å². The fourth-order valence-corrected chi connectivity index (χ4v) is 4.36. The number of fused-ring (bicyclic) bond motifs is 3. The number of hydrogen-bond acceptors (Lipinski definition) is 4. The smallest absolute Gasteiger partial charge is 0.170 e. The van der Waals surface area contributed by atoms with Crippen LogP contribution in [0.5, 0.6) is 5.75 Å². The summed E-state index contributed by atoms with van der Waals surface area (Å²) >= 11 is 0. The van der Waals surface area contributed by atoms with Crippen LogP contribution in [0.4, 0.5) is 11.4 Å². The van der Waals surface area contributed by atoms with Gasteiger partial charge in [0.2, 0.25) is 0 Å². The van der Waals surface area contributed by atoms with Crippen molar-refractivity contribution < 1.29 is 9.47 Å². The first-order valence-electron chi connectivity index (χ1n) is 9.46. The van der Waals surface area contributed by atoms with Crippen molar-refractivity contribution in [1.82, 2.24) is 0 Å². The highest BCUT2D eigenvalue weighted by molar-refractivity contribution is 5.71. The molecule has 2 aromatic rings. The molecule has 0 N–H and O–H groups in total. The Labute approximate surface area is 162 Å². The fourth-order valence-electron chi connectivity index (χ4n) is 4.36. The van der Waals surface area contributed by atoms with Crippen LogP contribution in [-0.4, -0.2) is 40.1 Å². The number of rotatable bonds is 4. The summed E-state index contributed by atoms with van der Waals surface area (Å²) in [4.78, 5) is 4.50. The van der Waals surface area contributed by atoms with Gasteiger partial charge >= 0.3 is 0 Å². The number of benzene rings is 2. The Balaban J connectivity index is 1.72. The lowest BCUT2D eigenvalue weighted by atomic mass is 9.77.